The molecule has 3 nitrogen and oxygen atoms in total. The summed E-state index contributed by atoms with van der Waals surface area (Å²) in [6, 6.07) is 71.7. The lowest BCUT2D eigenvalue weighted by Crippen LogP contribution is -2.25. The van der Waals surface area contributed by atoms with Gasteiger partial charge in [0, 0.05) is 16.7 Å². The number of nitrogens with zero attached hydrogens (tertiary/aromatic N) is 3. The van der Waals surface area contributed by atoms with Gasteiger partial charge in [0.1, 0.15) is 0 Å². The molecule has 0 bridgehead atoms. The van der Waals surface area contributed by atoms with Crippen molar-refractivity contribution in [3.63, 3.8) is 0 Å². The van der Waals surface area contributed by atoms with E-state index in [0.717, 1.165) is 38.9 Å². The predicted octanol–water partition coefficient (Wildman–Crippen LogP) is 12.6. The third kappa shape index (κ3) is 4.87. The van der Waals surface area contributed by atoms with E-state index in [2.05, 4.69) is 164 Å². The number of fused-ring (bicyclic) bond motifs is 10. The summed E-state index contributed by atoms with van der Waals surface area (Å²) in [5.41, 5.74) is 17.4. The van der Waals surface area contributed by atoms with Gasteiger partial charge in [0.05, 0.1) is 5.41 Å². The fourth-order valence-corrected chi connectivity index (χ4v) is 8.93. The van der Waals surface area contributed by atoms with Gasteiger partial charge in [0.15, 0.2) is 17.5 Å². The monoisotopic (exact) mass is 699 g/mol. The Morgan fingerprint density at radius 3 is 1.09 bits per heavy atom. The van der Waals surface area contributed by atoms with Crippen molar-refractivity contribution in [1.29, 1.82) is 0 Å². The fraction of sp³-hybridized carbons (Fsp3) is 0.0192. The van der Waals surface area contributed by atoms with Crippen LogP contribution >= 0.6 is 0 Å². The summed E-state index contributed by atoms with van der Waals surface area (Å²) in [5, 5.41) is 0. The first-order valence-corrected chi connectivity index (χ1v) is 18.8. The Morgan fingerprint density at radius 1 is 0.236 bits per heavy atom. The first-order valence-electron chi connectivity index (χ1n) is 18.8. The normalized spacial score (nSPS) is 12.9. The zero-order valence-electron chi connectivity index (χ0n) is 29.9. The summed E-state index contributed by atoms with van der Waals surface area (Å²) in [6.07, 6.45) is 0. The Balaban J connectivity index is 1.15. The molecule has 2 aliphatic carbocycles. The second-order valence-corrected chi connectivity index (χ2v) is 14.4. The smallest absolute Gasteiger partial charge is 0.164 e. The van der Waals surface area contributed by atoms with Gasteiger partial charge in [-0.05, 0) is 91.0 Å². The Hall–Kier alpha value is -7.23. The van der Waals surface area contributed by atoms with Crippen LogP contribution in [0.1, 0.15) is 22.3 Å². The highest BCUT2D eigenvalue weighted by atomic mass is 15.0. The molecule has 0 N–H and O–H groups in total. The van der Waals surface area contributed by atoms with Crippen molar-refractivity contribution in [3.8, 4) is 78.7 Å². The predicted molar refractivity (Wildman–Crippen MR) is 223 cm³/mol. The molecule has 0 saturated carbocycles. The number of aromatic nitrogens is 3. The maximum absolute atomic E-state index is 5.14. The molecule has 0 atom stereocenters. The van der Waals surface area contributed by atoms with E-state index in [9.17, 15) is 0 Å². The summed E-state index contributed by atoms with van der Waals surface area (Å²) in [7, 11) is 0. The molecule has 2 aliphatic rings. The van der Waals surface area contributed by atoms with Crippen LogP contribution in [-0.2, 0) is 5.41 Å². The van der Waals surface area contributed by atoms with Crippen LogP contribution in [0.25, 0.3) is 78.7 Å². The van der Waals surface area contributed by atoms with Gasteiger partial charge in [-0.15, -0.1) is 0 Å². The van der Waals surface area contributed by atoms with E-state index < -0.39 is 5.41 Å². The van der Waals surface area contributed by atoms with Gasteiger partial charge in [-0.2, -0.15) is 0 Å². The summed E-state index contributed by atoms with van der Waals surface area (Å²) in [4.78, 5) is 15.3. The van der Waals surface area contributed by atoms with Crippen LogP contribution in [0.5, 0.6) is 0 Å². The number of benzene rings is 8. The largest absolute Gasteiger partial charge is 0.208 e. The summed E-state index contributed by atoms with van der Waals surface area (Å²) >= 11 is 0. The third-order valence-electron chi connectivity index (χ3n) is 11.3. The van der Waals surface area contributed by atoms with Gasteiger partial charge in [-0.25, -0.2) is 15.0 Å². The second kappa shape index (κ2) is 12.4. The molecule has 0 amide bonds. The van der Waals surface area contributed by atoms with Gasteiger partial charge in [-0.3, -0.25) is 0 Å². The van der Waals surface area contributed by atoms with Gasteiger partial charge >= 0.3 is 0 Å². The van der Waals surface area contributed by atoms with Crippen molar-refractivity contribution in [1.82, 2.24) is 15.0 Å². The Labute approximate surface area is 320 Å². The topological polar surface area (TPSA) is 38.7 Å². The van der Waals surface area contributed by atoms with Crippen molar-refractivity contribution >= 4 is 0 Å². The molecule has 0 aliphatic heterocycles. The third-order valence-corrected chi connectivity index (χ3v) is 11.3. The lowest BCUT2D eigenvalue weighted by atomic mass is 9.70. The van der Waals surface area contributed by atoms with E-state index in [0.29, 0.717) is 17.5 Å². The number of hydrogen-bond donors (Lipinski definition) is 0. The van der Waals surface area contributed by atoms with E-state index in [1.807, 2.05) is 36.4 Å². The molecular formula is C52H33N3. The highest BCUT2D eigenvalue weighted by molar-refractivity contribution is 5.96. The first-order chi connectivity index (χ1) is 27.3. The zero-order valence-corrected chi connectivity index (χ0v) is 29.9. The van der Waals surface area contributed by atoms with Crippen LogP contribution in [0.15, 0.2) is 200 Å². The molecule has 11 rings (SSSR count). The molecular weight excluding hydrogens is 667 g/mol. The standard InChI is InChI=1S/C52H33N3/c1-4-16-34(17-5-1)38-30-39(32-40(31-38)51-54-49(35-18-6-2-7-19-35)53-50(55-51)36-20-8-3-9-21-36)37-28-29-44-43-24-12-15-27-47(43)52(48(44)33-37)45-25-13-10-22-41(45)42-23-11-14-26-46(42)52/h1-33H. The molecule has 55 heavy (non-hydrogen) atoms. The Bertz CT molecular complexity index is 2800. The summed E-state index contributed by atoms with van der Waals surface area (Å²) in [6.45, 7) is 0. The summed E-state index contributed by atoms with van der Waals surface area (Å²) < 4.78 is 0. The van der Waals surface area contributed by atoms with Crippen molar-refractivity contribution in [3.05, 3.63) is 222 Å². The molecule has 3 heteroatoms. The van der Waals surface area contributed by atoms with Crippen LogP contribution in [0.4, 0.5) is 0 Å². The average molecular weight is 700 g/mol. The minimum atomic E-state index is -0.418. The maximum Gasteiger partial charge on any atom is 0.164 e. The van der Waals surface area contributed by atoms with E-state index in [4.69, 9.17) is 15.0 Å². The van der Waals surface area contributed by atoms with Crippen molar-refractivity contribution < 1.29 is 0 Å². The molecule has 1 spiro atoms. The molecule has 0 unspecified atom stereocenters. The minimum absolute atomic E-state index is 0.418. The number of hydrogen-bond acceptors (Lipinski definition) is 3. The van der Waals surface area contributed by atoms with Crippen LogP contribution in [0.3, 0.4) is 0 Å². The molecule has 9 aromatic rings. The highest BCUT2D eigenvalue weighted by Gasteiger charge is 2.51. The maximum atomic E-state index is 5.14. The molecule has 8 aromatic carbocycles. The van der Waals surface area contributed by atoms with E-state index in [-0.39, 0.29) is 0 Å². The quantitative estimate of drug-likeness (QED) is 0.179. The summed E-state index contributed by atoms with van der Waals surface area (Å²) in [5.74, 6) is 1.93. The molecule has 0 saturated heterocycles. The SMILES string of the molecule is c1ccc(-c2cc(-c3ccc4c(c3)C3(c5ccccc5-c5ccccc53)c3ccccc3-4)cc(-c3nc(-c4ccccc4)nc(-c4ccccc4)n3)c2)cc1. The highest BCUT2D eigenvalue weighted by Crippen LogP contribution is 2.63. The van der Waals surface area contributed by atoms with E-state index >= 15 is 0 Å². The second-order valence-electron chi connectivity index (χ2n) is 14.4. The molecule has 0 radical (unpaired) electrons. The first kappa shape index (κ1) is 31.3. The van der Waals surface area contributed by atoms with Crippen LogP contribution < -0.4 is 0 Å². The van der Waals surface area contributed by atoms with Crippen LogP contribution in [0.2, 0.25) is 0 Å². The zero-order chi connectivity index (χ0) is 36.3. The van der Waals surface area contributed by atoms with E-state index in [1.165, 1.54) is 44.5 Å². The lowest BCUT2D eigenvalue weighted by Gasteiger charge is -2.30. The van der Waals surface area contributed by atoms with E-state index in [1.54, 1.807) is 0 Å². The average Bonchev–Trinajstić information content (AvgIpc) is 3.74. The lowest BCUT2D eigenvalue weighted by molar-refractivity contribution is 0.794. The van der Waals surface area contributed by atoms with Crippen molar-refractivity contribution in [2.45, 2.75) is 5.41 Å². The minimum Gasteiger partial charge on any atom is -0.208 e. The molecule has 1 aromatic heterocycles. The van der Waals surface area contributed by atoms with Gasteiger partial charge < -0.3 is 0 Å². The molecule has 0 fully saturated rings. The van der Waals surface area contributed by atoms with Gasteiger partial charge in [-0.1, -0.05) is 176 Å². The van der Waals surface area contributed by atoms with Crippen LogP contribution in [0, 0.1) is 0 Å². The fourth-order valence-electron chi connectivity index (χ4n) is 8.93. The van der Waals surface area contributed by atoms with Crippen LogP contribution in [-0.4, -0.2) is 15.0 Å². The Morgan fingerprint density at radius 2 is 0.600 bits per heavy atom. The van der Waals surface area contributed by atoms with Gasteiger partial charge in [0.25, 0.3) is 0 Å². The molecule has 1 heterocycles. The van der Waals surface area contributed by atoms with Crippen molar-refractivity contribution in [2.24, 2.45) is 0 Å². The van der Waals surface area contributed by atoms with Crippen molar-refractivity contribution in [2.75, 3.05) is 0 Å². The Kier molecular flexibility index (Phi) is 7.08. The number of rotatable bonds is 5. The van der Waals surface area contributed by atoms with Gasteiger partial charge in [0.2, 0.25) is 0 Å². The molecule has 256 valence electrons.